The molecule has 0 aliphatic heterocycles. The molecule has 9 nitrogen and oxygen atoms in total. The van der Waals surface area contributed by atoms with Crippen LogP contribution in [0.3, 0.4) is 0 Å². The lowest BCUT2D eigenvalue weighted by Crippen LogP contribution is -2.14. The highest BCUT2D eigenvalue weighted by Crippen LogP contribution is 2.28. The molecule has 2 N–H and O–H groups in total. The quantitative estimate of drug-likeness (QED) is 0.475. The van der Waals surface area contributed by atoms with Gasteiger partial charge in [0.1, 0.15) is 10.6 Å². The van der Waals surface area contributed by atoms with Crippen LogP contribution in [0, 0.1) is 0 Å². The van der Waals surface area contributed by atoms with Crippen LogP contribution in [-0.2, 0) is 14.8 Å². The summed E-state index contributed by atoms with van der Waals surface area (Å²) in [5, 5.41) is 6.30. The Balaban J connectivity index is 1.73. The highest BCUT2D eigenvalue weighted by atomic mass is 32.2. The first-order valence-corrected chi connectivity index (χ1v) is 10.7. The summed E-state index contributed by atoms with van der Waals surface area (Å²) in [6.45, 7) is 1.42. The maximum absolute atomic E-state index is 13.3. The van der Waals surface area contributed by atoms with Gasteiger partial charge in [-0.25, -0.2) is 17.4 Å². The zero-order valence-electron chi connectivity index (χ0n) is 16.7. The van der Waals surface area contributed by atoms with Gasteiger partial charge in [-0.2, -0.15) is 4.98 Å². The largest absolute Gasteiger partial charge is 0.495 e. The average Bonchev–Trinajstić information content (AvgIpc) is 3.17. The lowest BCUT2D eigenvalue weighted by Gasteiger charge is -2.11. The first-order valence-electron chi connectivity index (χ1n) is 9.26. The van der Waals surface area contributed by atoms with Crippen LogP contribution in [0.5, 0.6) is 5.75 Å². The first kappa shape index (κ1) is 20.4. The molecule has 31 heavy (non-hydrogen) atoms. The molecule has 2 aromatic carbocycles. The van der Waals surface area contributed by atoms with E-state index in [0.717, 1.165) is 3.97 Å². The zero-order chi connectivity index (χ0) is 22.0. The third kappa shape index (κ3) is 4.05. The molecular formula is C21H19N5O4S. The summed E-state index contributed by atoms with van der Waals surface area (Å²) in [6, 6.07) is 15.0. The third-order valence-corrected chi connectivity index (χ3v) is 6.14. The summed E-state index contributed by atoms with van der Waals surface area (Å²) in [4.78, 5) is 20.0. The minimum absolute atomic E-state index is 0.0335. The summed E-state index contributed by atoms with van der Waals surface area (Å²) in [6.07, 6.45) is 2.97. The van der Waals surface area contributed by atoms with Gasteiger partial charge in [0.15, 0.2) is 5.65 Å². The van der Waals surface area contributed by atoms with E-state index in [0.29, 0.717) is 16.8 Å². The van der Waals surface area contributed by atoms with E-state index in [1.807, 2.05) is 0 Å². The Morgan fingerprint density at radius 3 is 2.61 bits per heavy atom. The second-order valence-corrected chi connectivity index (χ2v) is 8.41. The molecule has 4 aromatic rings. The Bertz CT molecular complexity index is 1380. The van der Waals surface area contributed by atoms with E-state index in [4.69, 9.17) is 4.74 Å². The van der Waals surface area contributed by atoms with Crippen LogP contribution >= 0.6 is 0 Å². The highest BCUT2D eigenvalue weighted by molar-refractivity contribution is 7.90. The van der Waals surface area contributed by atoms with E-state index in [9.17, 15) is 13.2 Å². The van der Waals surface area contributed by atoms with Crippen molar-refractivity contribution in [1.82, 2.24) is 13.9 Å². The van der Waals surface area contributed by atoms with E-state index in [1.165, 1.54) is 32.5 Å². The van der Waals surface area contributed by atoms with Crippen molar-refractivity contribution in [3.8, 4) is 5.75 Å². The maximum Gasteiger partial charge on any atom is 0.273 e. The molecule has 0 bridgehead atoms. The van der Waals surface area contributed by atoms with E-state index in [2.05, 4.69) is 20.6 Å². The average molecular weight is 437 g/mol. The van der Waals surface area contributed by atoms with E-state index >= 15 is 0 Å². The molecule has 0 atom stereocenters. The molecule has 10 heteroatoms. The third-order valence-electron chi connectivity index (χ3n) is 4.44. The zero-order valence-corrected chi connectivity index (χ0v) is 17.6. The van der Waals surface area contributed by atoms with Crippen LogP contribution in [0.1, 0.15) is 6.92 Å². The standard InChI is InChI=1S/C21H19N5O4S/c1-14(27)23-16-6-5-7-17(12-16)24-21-22-13-15-10-11-26(20(15)25-21)31(28,29)19-9-4-3-8-18(19)30-2/h3-13H,1-2H3,(H,23,27)(H,22,24,25). The van der Waals surface area contributed by atoms with Gasteiger partial charge >= 0.3 is 0 Å². The van der Waals surface area contributed by atoms with Gasteiger partial charge in [0, 0.05) is 36.1 Å². The lowest BCUT2D eigenvalue weighted by atomic mass is 10.2. The van der Waals surface area contributed by atoms with Crippen molar-refractivity contribution in [3.63, 3.8) is 0 Å². The normalized spacial score (nSPS) is 11.3. The molecule has 0 aliphatic carbocycles. The maximum atomic E-state index is 13.3. The fourth-order valence-electron chi connectivity index (χ4n) is 3.09. The van der Waals surface area contributed by atoms with Gasteiger partial charge in [0.2, 0.25) is 11.9 Å². The molecule has 4 rings (SSSR count). The number of nitrogens with zero attached hydrogens (tertiary/aromatic N) is 3. The number of hydrogen-bond acceptors (Lipinski definition) is 7. The monoisotopic (exact) mass is 437 g/mol. The smallest absolute Gasteiger partial charge is 0.273 e. The molecule has 158 valence electrons. The van der Waals surface area contributed by atoms with Crippen LogP contribution in [-0.4, -0.2) is 35.4 Å². The Morgan fingerprint density at radius 2 is 1.84 bits per heavy atom. The molecule has 0 spiro atoms. The number of amides is 1. The van der Waals surface area contributed by atoms with Gasteiger partial charge in [0.05, 0.1) is 7.11 Å². The molecule has 0 radical (unpaired) electrons. The van der Waals surface area contributed by atoms with Crippen molar-refractivity contribution in [1.29, 1.82) is 0 Å². The molecule has 1 amide bonds. The molecule has 2 heterocycles. The lowest BCUT2D eigenvalue weighted by molar-refractivity contribution is -0.114. The van der Waals surface area contributed by atoms with Gasteiger partial charge < -0.3 is 15.4 Å². The fraction of sp³-hybridized carbons (Fsp3) is 0.0952. The van der Waals surface area contributed by atoms with E-state index < -0.39 is 10.0 Å². The van der Waals surface area contributed by atoms with Crippen molar-refractivity contribution < 1.29 is 17.9 Å². The Hall–Kier alpha value is -3.92. The number of nitrogens with one attached hydrogen (secondary N) is 2. The number of rotatable bonds is 6. The minimum atomic E-state index is -3.95. The second kappa shape index (κ2) is 8.07. The number of methoxy groups -OCH3 is 1. The Morgan fingerprint density at radius 1 is 1.06 bits per heavy atom. The molecule has 0 unspecified atom stereocenters. The van der Waals surface area contributed by atoms with Crippen molar-refractivity contribution >= 4 is 44.3 Å². The minimum Gasteiger partial charge on any atom is -0.495 e. The number of fused-ring (bicyclic) bond motifs is 1. The van der Waals surface area contributed by atoms with Crippen molar-refractivity contribution in [2.45, 2.75) is 11.8 Å². The van der Waals surface area contributed by atoms with Gasteiger partial charge in [-0.3, -0.25) is 4.79 Å². The van der Waals surface area contributed by atoms with E-state index in [-0.39, 0.29) is 28.1 Å². The van der Waals surface area contributed by atoms with Gasteiger partial charge in [-0.1, -0.05) is 18.2 Å². The number of ether oxygens (including phenoxy) is 1. The molecule has 0 saturated carbocycles. The summed E-state index contributed by atoms with van der Waals surface area (Å²) < 4.78 is 32.8. The van der Waals surface area contributed by atoms with E-state index in [1.54, 1.807) is 48.5 Å². The fourth-order valence-corrected chi connectivity index (χ4v) is 4.56. The van der Waals surface area contributed by atoms with Gasteiger partial charge in [-0.15, -0.1) is 0 Å². The summed E-state index contributed by atoms with van der Waals surface area (Å²) in [5.74, 6) is 0.267. The number of aromatic nitrogens is 3. The van der Waals surface area contributed by atoms with Gasteiger partial charge in [0.25, 0.3) is 10.0 Å². The van der Waals surface area contributed by atoms with Crippen LogP contribution in [0.2, 0.25) is 0 Å². The number of hydrogen-bond donors (Lipinski definition) is 2. The molecular weight excluding hydrogens is 418 g/mol. The van der Waals surface area contributed by atoms with Crippen molar-refractivity contribution in [2.24, 2.45) is 0 Å². The number of para-hydroxylation sites is 1. The Kier molecular flexibility index (Phi) is 5.30. The number of carbonyl (C=O) groups is 1. The summed E-state index contributed by atoms with van der Waals surface area (Å²) >= 11 is 0. The molecule has 0 fully saturated rings. The number of benzene rings is 2. The summed E-state index contributed by atoms with van der Waals surface area (Å²) in [5.41, 5.74) is 1.47. The van der Waals surface area contributed by atoms with Crippen LogP contribution < -0.4 is 15.4 Å². The SMILES string of the molecule is COc1ccccc1S(=O)(=O)n1ccc2cnc(Nc3cccc(NC(C)=O)c3)nc21. The van der Waals surface area contributed by atoms with Crippen LogP contribution in [0.4, 0.5) is 17.3 Å². The Labute approximate surface area is 178 Å². The van der Waals surface area contributed by atoms with Crippen molar-refractivity contribution in [3.05, 3.63) is 67.0 Å². The predicted octanol–water partition coefficient (Wildman–Crippen LogP) is 3.38. The predicted molar refractivity (Wildman–Crippen MR) is 117 cm³/mol. The molecule has 0 saturated heterocycles. The second-order valence-electron chi connectivity index (χ2n) is 6.63. The topological polar surface area (TPSA) is 115 Å². The van der Waals surface area contributed by atoms with Crippen molar-refractivity contribution in [2.75, 3.05) is 17.7 Å². The number of anilines is 3. The first-order chi connectivity index (χ1) is 14.9. The molecule has 0 aliphatic rings. The highest BCUT2D eigenvalue weighted by Gasteiger charge is 2.23. The number of carbonyl (C=O) groups excluding carboxylic acids is 1. The molecule has 2 aromatic heterocycles. The van der Waals surface area contributed by atoms with Crippen LogP contribution in [0.15, 0.2) is 71.9 Å². The van der Waals surface area contributed by atoms with Crippen LogP contribution in [0.25, 0.3) is 11.0 Å². The summed E-state index contributed by atoms with van der Waals surface area (Å²) in [7, 11) is -2.53. The van der Waals surface area contributed by atoms with Gasteiger partial charge in [-0.05, 0) is 36.4 Å².